The van der Waals surface area contributed by atoms with E-state index >= 15 is 0 Å². The lowest BCUT2D eigenvalue weighted by Crippen LogP contribution is -2.37. The van der Waals surface area contributed by atoms with E-state index in [1.165, 1.54) is 11.1 Å². The Kier molecular flexibility index (Phi) is 5.42. The number of hydrogen-bond donors (Lipinski definition) is 2. The Morgan fingerprint density at radius 2 is 1.81 bits per heavy atom. The molecule has 1 heterocycles. The van der Waals surface area contributed by atoms with Crippen LogP contribution in [0.1, 0.15) is 5.56 Å². The summed E-state index contributed by atoms with van der Waals surface area (Å²) in [6.07, 6.45) is 0. The Morgan fingerprint density at radius 3 is 2.46 bits per heavy atom. The highest BCUT2D eigenvalue weighted by Crippen LogP contribution is 2.40. The van der Waals surface area contributed by atoms with Gasteiger partial charge >= 0.3 is 5.97 Å². The van der Waals surface area contributed by atoms with Crippen molar-refractivity contribution in [2.45, 2.75) is 8.82 Å². The summed E-state index contributed by atoms with van der Waals surface area (Å²) in [7, 11) is -3.65. The molecule has 0 saturated carbocycles. The van der Waals surface area contributed by atoms with Crippen LogP contribution in [0.3, 0.4) is 0 Å². The van der Waals surface area contributed by atoms with Gasteiger partial charge < -0.3 is 5.11 Å². The quantitative estimate of drug-likeness (QED) is 0.263. The van der Waals surface area contributed by atoms with Crippen LogP contribution in [-0.4, -0.2) is 29.2 Å². The lowest BCUT2D eigenvalue weighted by Gasteiger charge is -2.31. The van der Waals surface area contributed by atoms with Crippen molar-refractivity contribution in [3.63, 3.8) is 0 Å². The molecule has 9 heteroatoms. The number of benzene rings is 2. The Hall–Kier alpha value is -1.43. The van der Waals surface area contributed by atoms with Crippen molar-refractivity contribution in [1.82, 2.24) is 0 Å². The largest absolute Gasteiger partial charge is 0.480 e. The zero-order chi connectivity index (χ0) is 19.1. The maximum absolute atomic E-state index is 12.7. The van der Waals surface area contributed by atoms with Crippen molar-refractivity contribution in [2.24, 2.45) is 5.84 Å². The average Bonchev–Trinajstić information content (AvgIpc) is 2.60. The molecule has 0 fully saturated rings. The number of para-hydroxylation sites is 1. The van der Waals surface area contributed by atoms with Gasteiger partial charge in [0.15, 0.2) is 9.84 Å². The molecule has 1 aliphatic heterocycles. The monoisotopic (exact) mass is 548 g/mol. The van der Waals surface area contributed by atoms with E-state index in [1.54, 1.807) is 59.0 Å². The Balaban J connectivity index is 2.32. The number of halogens is 2. The second-order valence-corrected chi connectivity index (χ2v) is 9.71. The van der Waals surface area contributed by atoms with Crippen molar-refractivity contribution in [2.75, 3.05) is 10.8 Å². The van der Waals surface area contributed by atoms with Gasteiger partial charge in [-0.05, 0) is 39.7 Å². The summed E-state index contributed by atoms with van der Waals surface area (Å²) in [6.45, 7) is 0. The van der Waals surface area contributed by atoms with Crippen molar-refractivity contribution in [1.29, 1.82) is 0 Å². The lowest BCUT2D eigenvalue weighted by molar-refractivity contribution is -0.135. The minimum Gasteiger partial charge on any atom is -0.480 e. The van der Waals surface area contributed by atoms with E-state index < -0.39 is 25.5 Å². The van der Waals surface area contributed by atoms with Gasteiger partial charge in [-0.2, -0.15) is 0 Å². The van der Waals surface area contributed by atoms with Crippen LogP contribution < -0.4 is 10.9 Å². The molecule has 1 aliphatic rings. The number of anilines is 1. The summed E-state index contributed by atoms with van der Waals surface area (Å²) < 4.78 is 25.0. The summed E-state index contributed by atoms with van der Waals surface area (Å²) in [5.74, 6) is 4.85. The third-order valence-electron chi connectivity index (χ3n) is 4.00. The van der Waals surface area contributed by atoms with Crippen molar-refractivity contribution >= 4 is 65.7 Å². The highest BCUT2D eigenvalue weighted by Gasteiger charge is 2.37. The maximum Gasteiger partial charge on any atom is 0.320 e. The van der Waals surface area contributed by atoms with Crippen molar-refractivity contribution < 1.29 is 18.3 Å². The highest BCUT2D eigenvalue weighted by atomic mass is 127. The van der Waals surface area contributed by atoms with E-state index in [1.807, 2.05) is 6.07 Å². The topological polar surface area (TPSA) is 101 Å². The van der Waals surface area contributed by atoms with Gasteiger partial charge in [0, 0.05) is 10.0 Å². The summed E-state index contributed by atoms with van der Waals surface area (Å²) in [5, 5.41) is 10.8. The zero-order valence-electron chi connectivity index (χ0n) is 13.3. The zero-order valence-corrected chi connectivity index (χ0v) is 17.8. The van der Waals surface area contributed by atoms with Crippen LogP contribution in [0.2, 0.25) is 0 Å². The van der Waals surface area contributed by atoms with Crippen LogP contribution >= 0.6 is 38.5 Å². The first-order valence-electron chi connectivity index (χ1n) is 7.45. The minimum atomic E-state index is -3.65. The van der Waals surface area contributed by atoms with E-state index in [0.29, 0.717) is 21.4 Å². The summed E-state index contributed by atoms with van der Waals surface area (Å²) in [5.41, 5.74) is 1.64. The van der Waals surface area contributed by atoms with Crippen LogP contribution in [0.25, 0.3) is 5.70 Å². The number of nitrogens with zero attached hydrogens (tertiary/aromatic N) is 1. The maximum atomic E-state index is 12.7. The van der Waals surface area contributed by atoms with Gasteiger partial charge in [0.05, 0.1) is 22.0 Å². The number of sulfone groups is 1. The second-order valence-electron chi connectivity index (χ2n) is 5.65. The number of fused-ring (bicyclic) bond motifs is 1. The number of rotatable bonds is 4. The summed E-state index contributed by atoms with van der Waals surface area (Å²) in [6, 6.07) is 13.7. The fourth-order valence-corrected chi connectivity index (χ4v) is 5.80. The van der Waals surface area contributed by atoms with E-state index in [4.69, 9.17) is 5.84 Å². The van der Waals surface area contributed by atoms with E-state index in [2.05, 4.69) is 15.9 Å². The number of carboxylic acids is 1. The number of hydrazine groups is 1. The molecule has 1 atom stereocenters. The second kappa shape index (κ2) is 7.29. The fraction of sp³-hybridized carbons (Fsp3) is 0.118. The first-order valence-corrected chi connectivity index (χ1v) is 11.1. The number of alkyl halides is 1. The van der Waals surface area contributed by atoms with Crippen LogP contribution in [-0.2, 0) is 14.6 Å². The molecule has 0 spiro atoms. The highest BCUT2D eigenvalue weighted by molar-refractivity contribution is 14.1. The molecule has 2 aromatic carbocycles. The van der Waals surface area contributed by atoms with Crippen LogP contribution in [0.15, 0.2) is 63.5 Å². The molecule has 0 aliphatic carbocycles. The van der Waals surface area contributed by atoms with Gasteiger partial charge in [0.1, 0.15) is 3.92 Å². The Labute approximate surface area is 172 Å². The van der Waals surface area contributed by atoms with Crippen LogP contribution in [0.4, 0.5) is 5.69 Å². The molecular weight excluding hydrogens is 535 g/mol. The van der Waals surface area contributed by atoms with Gasteiger partial charge in [0.25, 0.3) is 0 Å². The van der Waals surface area contributed by atoms with Gasteiger partial charge in [-0.25, -0.2) is 14.3 Å². The predicted molar refractivity (Wildman–Crippen MR) is 112 cm³/mol. The molecule has 2 aromatic rings. The lowest BCUT2D eigenvalue weighted by atomic mass is 10.0. The third-order valence-corrected chi connectivity index (χ3v) is 7.67. The fourth-order valence-electron chi connectivity index (χ4n) is 2.85. The molecule has 0 bridgehead atoms. The summed E-state index contributed by atoms with van der Waals surface area (Å²) >= 11 is 5.16. The number of carboxylic acid groups (broad SMARTS) is 1. The number of aliphatic carboxylic acids is 1. The molecule has 3 N–H and O–H groups in total. The molecular formula is C17H14BrIN2O4S. The summed E-state index contributed by atoms with van der Waals surface area (Å²) in [4.78, 5) is 11.7. The van der Waals surface area contributed by atoms with E-state index in [0.717, 1.165) is 0 Å². The molecule has 1 unspecified atom stereocenters. The Morgan fingerprint density at radius 1 is 1.19 bits per heavy atom. The van der Waals surface area contributed by atoms with Crippen molar-refractivity contribution in [3.05, 3.63) is 64.1 Å². The minimum absolute atomic E-state index is 0.148. The number of nitrogens with two attached hydrogens (primary N) is 1. The third kappa shape index (κ3) is 3.40. The molecule has 6 nitrogen and oxygen atoms in total. The number of carbonyl (C=O) groups is 1. The molecule has 26 heavy (non-hydrogen) atoms. The SMILES string of the molecule is NN(C1=C(C(I)C(=O)O)CS(=O)(=O)c2ccccc21)c1ccccc1Br. The van der Waals surface area contributed by atoms with Gasteiger partial charge in [-0.3, -0.25) is 9.80 Å². The van der Waals surface area contributed by atoms with Crippen LogP contribution in [0.5, 0.6) is 0 Å². The smallest absolute Gasteiger partial charge is 0.320 e. The molecule has 0 saturated heterocycles. The molecule has 136 valence electrons. The Bertz CT molecular complexity index is 1020. The van der Waals surface area contributed by atoms with Gasteiger partial charge in [0.2, 0.25) is 0 Å². The first kappa shape index (κ1) is 19.3. The predicted octanol–water partition coefficient (Wildman–Crippen LogP) is 3.22. The van der Waals surface area contributed by atoms with E-state index in [-0.39, 0.29) is 10.5 Å². The first-order chi connectivity index (χ1) is 12.2. The van der Waals surface area contributed by atoms with E-state index in [9.17, 15) is 18.3 Å². The molecule has 3 rings (SSSR count). The molecule has 0 aromatic heterocycles. The molecule has 0 amide bonds. The standard InChI is InChI=1S/C17H14BrIN2O4S/c18-12-6-2-3-7-13(12)21(20)16-10-5-1-4-8-14(10)26(24,25)9-11(16)15(19)17(22)23/h1-8,15H,9,20H2,(H,22,23). The van der Waals surface area contributed by atoms with Crippen molar-refractivity contribution in [3.8, 4) is 0 Å². The normalized spacial score (nSPS) is 16.7. The number of hydrogen-bond acceptors (Lipinski definition) is 5. The van der Waals surface area contributed by atoms with Crippen LogP contribution in [0, 0.1) is 0 Å². The average molecular weight is 549 g/mol. The molecule has 0 radical (unpaired) electrons. The van der Waals surface area contributed by atoms with Gasteiger partial charge in [-0.1, -0.05) is 52.9 Å². The van der Waals surface area contributed by atoms with Gasteiger partial charge in [-0.15, -0.1) is 0 Å².